The molecule has 41 heavy (non-hydrogen) atoms. The highest BCUT2D eigenvalue weighted by Crippen LogP contribution is 2.43. The molecule has 1 heterocycles. The molecule has 0 fully saturated rings. The van der Waals surface area contributed by atoms with Crippen molar-refractivity contribution in [3.63, 3.8) is 0 Å². The number of aliphatic imine (C=N–C) groups is 1. The first-order valence-corrected chi connectivity index (χ1v) is 14.9. The summed E-state index contributed by atoms with van der Waals surface area (Å²) in [6.45, 7) is 4.32. The van der Waals surface area contributed by atoms with Crippen molar-refractivity contribution in [1.29, 1.82) is 5.26 Å². The van der Waals surface area contributed by atoms with Gasteiger partial charge in [-0.1, -0.05) is 88.9 Å². The van der Waals surface area contributed by atoms with Gasteiger partial charge in [-0.05, 0) is 81.1 Å². The van der Waals surface area contributed by atoms with E-state index in [4.69, 9.17) is 32.4 Å². The van der Waals surface area contributed by atoms with Crippen LogP contribution in [0.25, 0.3) is 22.5 Å². The Hall–Kier alpha value is -3.34. The minimum Gasteiger partial charge on any atom is -0.486 e. The van der Waals surface area contributed by atoms with Gasteiger partial charge >= 0.3 is 0 Å². The van der Waals surface area contributed by atoms with Crippen LogP contribution in [0.4, 0.5) is 5.88 Å². The molecule has 4 nitrogen and oxygen atoms in total. The van der Waals surface area contributed by atoms with Gasteiger partial charge in [0.2, 0.25) is 5.88 Å². The Morgan fingerprint density at radius 1 is 0.878 bits per heavy atom. The van der Waals surface area contributed by atoms with Gasteiger partial charge in [0.1, 0.15) is 29.7 Å². The van der Waals surface area contributed by atoms with Gasteiger partial charge in [-0.15, -0.1) is 0 Å². The molecule has 0 aliphatic carbocycles. The average molecular weight is 709 g/mol. The van der Waals surface area contributed by atoms with Gasteiger partial charge in [0.05, 0.1) is 8.95 Å². The van der Waals surface area contributed by atoms with Crippen molar-refractivity contribution in [1.82, 2.24) is 0 Å². The third kappa shape index (κ3) is 6.60. The number of nitriles is 1. The summed E-state index contributed by atoms with van der Waals surface area (Å²) in [7, 11) is 0. The molecule has 0 saturated carbocycles. The van der Waals surface area contributed by atoms with E-state index in [1.165, 1.54) is 0 Å². The average Bonchev–Trinajstić information content (AvgIpc) is 3.31. The van der Waals surface area contributed by atoms with Gasteiger partial charge < -0.3 is 9.15 Å². The number of furan rings is 1. The summed E-state index contributed by atoms with van der Waals surface area (Å²) < 4.78 is 13.7. The molecule has 5 aromatic rings. The molecule has 0 radical (unpaired) electrons. The first-order valence-electron chi connectivity index (χ1n) is 12.5. The fourth-order valence-electron chi connectivity index (χ4n) is 4.23. The van der Waals surface area contributed by atoms with Crippen LogP contribution in [0.5, 0.6) is 5.75 Å². The molecule has 0 aliphatic rings. The first kappa shape index (κ1) is 29.2. The number of aryl methyl sites for hydroxylation is 2. The molecule has 0 aliphatic heterocycles. The van der Waals surface area contributed by atoms with E-state index in [1.54, 1.807) is 18.3 Å². The SMILES string of the molecule is Cc1ccc(-c2oc(N=Cc3cc(Br)c(OCc4ccc(Cl)cc4Cl)c(Br)c3)c(C#N)c2-c2ccc(C)cc2)cc1. The highest BCUT2D eigenvalue weighted by molar-refractivity contribution is 9.11. The van der Waals surface area contributed by atoms with Gasteiger partial charge in [-0.25, -0.2) is 4.99 Å². The van der Waals surface area contributed by atoms with Crippen molar-refractivity contribution < 1.29 is 9.15 Å². The summed E-state index contributed by atoms with van der Waals surface area (Å²) in [6, 6.07) is 27.4. The summed E-state index contributed by atoms with van der Waals surface area (Å²) in [6.07, 6.45) is 1.66. The molecule has 0 N–H and O–H groups in total. The first-order chi connectivity index (χ1) is 19.7. The maximum Gasteiger partial charge on any atom is 0.238 e. The lowest BCUT2D eigenvalue weighted by atomic mass is 9.97. The molecule has 8 heteroatoms. The van der Waals surface area contributed by atoms with Gasteiger partial charge in [0, 0.05) is 33.0 Å². The van der Waals surface area contributed by atoms with Crippen molar-refractivity contribution in [2.24, 2.45) is 4.99 Å². The number of hydrogen-bond donors (Lipinski definition) is 0. The van der Waals surface area contributed by atoms with E-state index >= 15 is 0 Å². The molecule has 0 amide bonds. The van der Waals surface area contributed by atoms with E-state index in [9.17, 15) is 5.26 Å². The second-order valence-corrected chi connectivity index (χ2v) is 12.0. The summed E-state index contributed by atoms with van der Waals surface area (Å²) in [5.74, 6) is 1.46. The highest BCUT2D eigenvalue weighted by atomic mass is 79.9. The van der Waals surface area contributed by atoms with E-state index < -0.39 is 0 Å². The Bertz CT molecular complexity index is 1780. The van der Waals surface area contributed by atoms with Crippen molar-refractivity contribution >= 4 is 67.2 Å². The fourth-order valence-corrected chi connectivity index (χ4v) is 6.15. The highest BCUT2D eigenvalue weighted by Gasteiger charge is 2.23. The maximum absolute atomic E-state index is 10.2. The van der Waals surface area contributed by atoms with E-state index in [-0.39, 0.29) is 12.5 Å². The molecule has 1 aromatic heterocycles. The quantitative estimate of drug-likeness (QED) is 0.158. The minimum absolute atomic E-state index is 0.239. The fraction of sp³-hybridized carbons (Fsp3) is 0.0909. The maximum atomic E-state index is 10.2. The van der Waals surface area contributed by atoms with Crippen molar-refractivity contribution in [3.05, 3.63) is 126 Å². The van der Waals surface area contributed by atoms with Crippen molar-refractivity contribution in [2.75, 3.05) is 0 Å². The largest absolute Gasteiger partial charge is 0.486 e. The molecule has 5 rings (SSSR count). The lowest BCUT2D eigenvalue weighted by molar-refractivity contribution is 0.302. The Labute approximate surface area is 265 Å². The van der Waals surface area contributed by atoms with Crippen LogP contribution in [0.3, 0.4) is 0 Å². The Kier molecular flexibility index (Phi) is 9.01. The number of hydrogen-bond acceptors (Lipinski definition) is 4. The molecule has 204 valence electrons. The third-order valence-electron chi connectivity index (χ3n) is 6.39. The zero-order valence-corrected chi connectivity index (χ0v) is 26.7. The second kappa shape index (κ2) is 12.7. The smallest absolute Gasteiger partial charge is 0.238 e. The Morgan fingerprint density at radius 2 is 1.49 bits per heavy atom. The molecule has 4 aromatic carbocycles. The van der Waals surface area contributed by atoms with E-state index in [2.05, 4.69) is 42.9 Å². The standard InChI is InChI=1S/C33H22Br2Cl2N2O2/c1-19-3-7-22(8-4-19)30-26(16-38)33(41-31(30)23-9-5-20(2)6-10-23)39-17-21-13-27(34)32(28(35)14-21)40-18-24-11-12-25(36)15-29(24)37/h3-15,17H,18H2,1-2H3. The van der Waals surface area contributed by atoms with Crippen LogP contribution in [-0.4, -0.2) is 6.21 Å². The van der Waals surface area contributed by atoms with Crippen LogP contribution in [-0.2, 0) is 6.61 Å². The number of rotatable bonds is 7. The van der Waals surface area contributed by atoms with Gasteiger partial charge in [0.25, 0.3) is 0 Å². The Morgan fingerprint density at radius 3 is 2.07 bits per heavy atom. The summed E-state index contributed by atoms with van der Waals surface area (Å²) in [5.41, 5.74) is 6.71. The third-order valence-corrected chi connectivity index (χ3v) is 8.16. The zero-order valence-electron chi connectivity index (χ0n) is 22.0. The molecule has 0 bridgehead atoms. The molecule has 0 spiro atoms. The van der Waals surface area contributed by atoms with Crippen molar-refractivity contribution in [2.45, 2.75) is 20.5 Å². The number of benzene rings is 4. The Balaban J connectivity index is 1.48. The number of nitrogens with zero attached hydrogens (tertiary/aromatic N) is 2. The molecular formula is C33H22Br2Cl2N2O2. The number of halogens is 4. The molecule has 0 saturated heterocycles. The molecule has 0 unspecified atom stereocenters. The summed E-state index contributed by atoms with van der Waals surface area (Å²) in [4.78, 5) is 4.61. The summed E-state index contributed by atoms with van der Waals surface area (Å²) in [5, 5.41) is 11.3. The van der Waals surface area contributed by atoms with Crippen molar-refractivity contribution in [3.8, 4) is 34.3 Å². The summed E-state index contributed by atoms with van der Waals surface area (Å²) >= 11 is 19.5. The van der Waals surface area contributed by atoms with Gasteiger partial charge in [0.15, 0.2) is 0 Å². The van der Waals surface area contributed by atoms with E-state index in [0.29, 0.717) is 27.1 Å². The van der Waals surface area contributed by atoms with E-state index in [0.717, 1.165) is 47.9 Å². The predicted octanol–water partition coefficient (Wildman–Crippen LogP) is 11.3. The monoisotopic (exact) mass is 706 g/mol. The van der Waals surface area contributed by atoms with Crippen LogP contribution in [0.2, 0.25) is 10.0 Å². The normalized spacial score (nSPS) is 11.1. The lowest BCUT2D eigenvalue weighted by Gasteiger charge is -2.12. The molecular weight excluding hydrogens is 687 g/mol. The van der Waals surface area contributed by atoms with Crippen LogP contribution in [0.1, 0.15) is 27.8 Å². The van der Waals surface area contributed by atoms with Crippen LogP contribution in [0, 0.1) is 25.2 Å². The van der Waals surface area contributed by atoms with Crippen LogP contribution in [0.15, 0.2) is 97.2 Å². The predicted molar refractivity (Wildman–Crippen MR) is 174 cm³/mol. The zero-order chi connectivity index (χ0) is 29.1. The van der Waals surface area contributed by atoms with E-state index in [1.807, 2.05) is 80.6 Å². The van der Waals surface area contributed by atoms with Crippen LogP contribution < -0.4 is 4.74 Å². The van der Waals surface area contributed by atoms with Gasteiger partial charge in [-0.2, -0.15) is 5.26 Å². The molecule has 0 atom stereocenters. The lowest BCUT2D eigenvalue weighted by Crippen LogP contribution is -1.98. The minimum atomic E-state index is 0.239. The number of ether oxygens (including phenoxy) is 1. The second-order valence-electron chi connectivity index (χ2n) is 9.43. The topological polar surface area (TPSA) is 58.5 Å². The van der Waals surface area contributed by atoms with Gasteiger partial charge in [-0.3, -0.25) is 0 Å². The van der Waals surface area contributed by atoms with Crippen LogP contribution >= 0.6 is 55.1 Å².